The third-order valence-electron chi connectivity index (χ3n) is 1.81. The molecule has 0 spiro atoms. The first-order valence-electron chi connectivity index (χ1n) is 5.63. The topological polar surface area (TPSA) is 219 Å². The number of rotatable bonds is 9. The molecule has 0 aliphatic rings. The zero-order chi connectivity index (χ0) is 15.3. The molecule has 0 radical (unpaired) electrons. The Morgan fingerprint density at radius 3 is 0.857 bits per heavy atom. The van der Waals surface area contributed by atoms with Crippen molar-refractivity contribution in [2.45, 2.75) is 44.9 Å². The van der Waals surface area contributed by atoms with Gasteiger partial charge in [-0.05, 0) is 19.3 Å². The van der Waals surface area contributed by atoms with Gasteiger partial charge in [-0.1, -0.05) is 0 Å². The van der Waals surface area contributed by atoms with Gasteiger partial charge in [-0.15, -0.1) is 0 Å². The average molecular weight is 312 g/mol. The normalized spacial score (nSPS) is 8.19. The number of carboxylic acid groups (broad SMARTS) is 4. The SMILES string of the molecule is N.N.O=C(O)CCCC(=O)O.O=C(O)CCCCC(=O)O. The lowest BCUT2D eigenvalue weighted by atomic mass is 10.2. The summed E-state index contributed by atoms with van der Waals surface area (Å²) in [5.41, 5.74) is 0. The summed E-state index contributed by atoms with van der Waals surface area (Å²) in [6.45, 7) is 0. The molecule has 21 heavy (non-hydrogen) atoms. The summed E-state index contributed by atoms with van der Waals surface area (Å²) in [5, 5.41) is 32.3. The maximum atomic E-state index is 9.90. The largest absolute Gasteiger partial charge is 0.481 e. The lowest BCUT2D eigenvalue weighted by Gasteiger charge is -1.92. The number of carboxylic acids is 4. The molecule has 0 aromatic heterocycles. The minimum absolute atomic E-state index is 0. The Kier molecular flexibility index (Phi) is 23.1. The summed E-state index contributed by atoms with van der Waals surface area (Å²) >= 11 is 0. The van der Waals surface area contributed by atoms with Gasteiger partial charge in [0.05, 0.1) is 0 Å². The Labute approximate surface area is 121 Å². The first-order valence-corrected chi connectivity index (χ1v) is 5.63. The van der Waals surface area contributed by atoms with Crippen LogP contribution in [0.25, 0.3) is 0 Å². The summed E-state index contributed by atoms with van der Waals surface area (Å²) in [4.78, 5) is 39.4. The van der Waals surface area contributed by atoms with Crippen LogP contribution in [0.3, 0.4) is 0 Å². The van der Waals surface area contributed by atoms with Crippen LogP contribution in [-0.2, 0) is 19.2 Å². The summed E-state index contributed by atoms with van der Waals surface area (Å²) in [7, 11) is 0. The number of aliphatic carboxylic acids is 4. The van der Waals surface area contributed by atoms with Crippen LogP contribution in [0, 0.1) is 0 Å². The molecule has 0 fully saturated rings. The molecular weight excluding hydrogens is 288 g/mol. The second-order valence-electron chi connectivity index (χ2n) is 3.64. The quantitative estimate of drug-likeness (QED) is 0.335. The van der Waals surface area contributed by atoms with Gasteiger partial charge in [0.15, 0.2) is 0 Å². The van der Waals surface area contributed by atoms with Gasteiger partial charge in [0.25, 0.3) is 0 Å². The fourth-order valence-corrected chi connectivity index (χ4v) is 0.943. The minimum Gasteiger partial charge on any atom is -0.481 e. The van der Waals surface area contributed by atoms with Crippen molar-refractivity contribution >= 4 is 23.9 Å². The van der Waals surface area contributed by atoms with Gasteiger partial charge in [-0.25, -0.2) is 0 Å². The smallest absolute Gasteiger partial charge is 0.303 e. The predicted molar refractivity (Wildman–Crippen MR) is 72.9 cm³/mol. The van der Waals surface area contributed by atoms with E-state index in [0.717, 1.165) is 0 Å². The van der Waals surface area contributed by atoms with Crippen molar-refractivity contribution in [3.8, 4) is 0 Å². The lowest BCUT2D eigenvalue weighted by Crippen LogP contribution is -1.98. The summed E-state index contributed by atoms with van der Waals surface area (Å²) in [6, 6.07) is 0. The molecule has 0 unspecified atom stereocenters. The zero-order valence-corrected chi connectivity index (χ0v) is 11.8. The summed E-state index contributed by atoms with van der Waals surface area (Å²) < 4.78 is 0. The minimum atomic E-state index is -0.948. The predicted octanol–water partition coefficient (Wildman–Crippen LogP) is 1.37. The molecule has 0 atom stereocenters. The van der Waals surface area contributed by atoms with Crippen LogP contribution in [-0.4, -0.2) is 44.3 Å². The molecule has 0 aliphatic heterocycles. The van der Waals surface area contributed by atoms with Gasteiger partial charge >= 0.3 is 23.9 Å². The van der Waals surface area contributed by atoms with Gasteiger partial charge in [-0.2, -0.15) is 0 Å². The zero-order valence-electron chi connectivity index (χ0n) is 11.8. The van der Waals surface area contributed by atoms with E-state index in [0.29, 0.717) is 12.8 Å². The average Bonchev–Trinajstić information content (AvgIpc) is 2.23. The molecule has 10 heteroatoms. The number of carbonyl (C=O) groups is 4. The maximum Gasteiger partial charge on any atom is 0.303 e. The number of unbranched alkanes of at least 4 members (excludes halogenated alkanes) is 1. The van der Waals surface area contributed by atoms with Crippen LogP contribution >= 0.6 is 0 Å². The van der Waals surface area contributed by atoms with Gasteiger partial charge < -0.3 is 32.7 Å². The molecule has 0 saturated carbocycles. The van der Waals surface area contributed by atoms with Gasteiger partial charge in [0.2, 0.25) is 0 Å². The Balaban J connectivity index is -0.000000126. The molecule has 10 nitrogen and oxygen atoms in total. The Bertz CT molecular complexity index is 289. The standard InChI is InChI=1S/C6H10O4.C5H8O4.2H3N/c7-5(8)3-1-2-4-6(9)10;6-4(7)2-1-3-5(8)9;;/h1-4H2,(H,7,8)(H,9,10);1-3H2,(H,6,7)(H,8,9);2*1H3. The van der Waals surface area contributed by atoms with Crippen molar-refractivity contribution in [2.24, 2.45) is 0 Å². The van der Waals surface area contributed by atoms with Crippen LogP contribution < -0.4 is 12.3 Å². The Morgan fingerprint density at radius 2 is 0.667 bits per heavy atom. The number of hydrogen-bond donors (Lipinski definition) is 6. The van der Waals surface area contributed by atoms with Crippen LogP contribution in [0.2, 0.25) is 0 Å². The number of hydrogen-bond acceptors (Lipinski definition) is 6. The third-order valence-corrected chi connectivity index (χ3v) is 1.81. The molecule has 0 aromatic carbocycles. The van der Waals surface area contributed by atoms with E-state index in [4.69, 9.17) is 20.4 Å². The molecule has 0 heterocycles. The molecule has 0 aromatic rings. The van der Waals surface area contributed by atoms with E-state index in [1.54, 1.807) is 0 Å². The molecule has 0 rings (SSSR count). The molecule has 126 valence electrons. The van der Waals surface area contributed by atoms with Crippen LogP contribution in [0.4, 0.5) is 0 Å². The monoisotopic (exact) mass is 312 g/mol. The summed E-state index contributed by atoms with van der Waals surface area (Å²) in [6.07, 6.45) is 1.10. The highest BCUT2D eigenvalue weighted by Gasteiger charge is 2.00. The maximum absolute atomic E-state index is 9.90. The highest BCUT2D eigenvalue weighted by atomic mass is 16.4. The van der Waals surface area contributed by atoms with Crippen LogP contribution in [0.5, 0.6) is 0 Å². The lowest BCUT2D eigenvalue weighted by molar-refractivity contribution is -0.139. The summed E-state index contributed by atoms with van der Waals surface area (Å²) in [5.74, 6) is -3.64. The van der Waals surface area contributed by atoms with Crippen molar-refractivity contribution in [1.82, 2.24) is 12.3 Å². The van der Waals surface area contributed by atoms with Crippen LogP contribution in [0.1, 0.15) is 44.9 Å². The van der Waals surface area contributed by atoms with E-state index in [1.165, 1.54) is 0 Å². The molecule has 0 saturated heterocycles. The van der Waals surface area contributed by atoms with Crippen molar-refractivity contribution in [3.05, 3.63) is 0 Å². The fraction of sp³-hybridized carbons (Fsp3) is 0.636. The van der Waals surface area contributed by atoms with Crippen molar-refractivity contribution < 1.29 is 39.6 Å². The van der Waals surface area contributed by atoms with Crippen LogP contribution in [0.15, 0.2) is 0 Å². The highest BCUT2D eigenvalue weighted by molar-refractivity contribution is 5.70. The van der Waals surface area contributed by atoms with Crippen molar-refractivity contribution in [3.63, 3.8) is 0 Å². The van der Waals surface area contributed by atoms with Gasteiger partial charge in [0, 0.05) is 25.7 Å². The van der Waals surface area contributed by atoms with Gasteiger partial charge in [0.1, 0.15) is 0 Å². The van der Waals surface area contributed by atoms with E-state index >= 15 is 0 Å². The van der Waals surface area contributed by atoms with E-state index in [1.807, 2.05) is 0 Å². The van der Waals surface area contributed by atoms with Crippen molar-refractivity contribution in [1.29, 1.82) is 0 Å². The van der Waals surface area contributed by atoms with E-state index in [9.17, 15) is 19.2 Å². The van der Waals surface area contributed by atoms with Gasteiger partial charge in [-0.3, -0.25) is 19.2 Å². The second kappa shape index (κ2) is 17.8. The molecule has 0 aliphatic carbocycles. The second-order valence-corrected chi connectivity index (χ2v) is 3.64. The first kappa shape index (κ1) is 27.2. The third kappa shape index (κ3) is 38.1. The van der Waals surface area contributed by atoms with Crippen molar-refractivity contribution in [2.75, 3.05) is 0 Å². The molecular formula is C11H24N2O8. The molecule has 10 N–H and O–H groups in total. The molecule has 0 bridgehead atoms. The Hall–Kier alpha value is -2.20. The fourth-order valence-electron chi connectivity index (χ4n) is 0.943. The van der Waals surface area contributed by atoms with E-state index in [2.05, 4.69) is 0 Å². The Morgan fingerprint density at radius 1 is 0.476 bits per heavy atom. The van der Waals surface area contributed by atoms with E-state index in [-0.39, 0.29) is 44.4 Å². The van der Waals surface area contributed by atoms with E-state index < -0.39 is 23.9 Å². The first-order chi connectivity index (χ1) is 8.75. The highest BCUT2D eigenvalue weighted by Crippen LogP contribution is 1.98. The molecule has 0 amide bonds.